The van der Waals surface area contributed by atoms with Crippen LogP contribution in [-0.4, -0.2) is 0 Å². The molecule has 2 aromatic carbocycles. The summed E-state index contributed by atoms with van der Waals surface area (Å²) in [6, 6.07) is 10.0. The minimum Gasteiger partial charge on any atom is -1.00 e. The first-order chi connectivity index (χ1) is 8.05. The fourth-order valence-electron chi connectivity index (χ4n) is 1.73. The van der Waals surface area contributed by atoms with Crippen LogP contribution >= 0.6 is 0 Å². The Morgan fingerprint density at radius 2 is 1.15 bits per heavy atom. The number of rotatable bonds is 0. The molecular weight excluding hydrogens is 366 g/mol. The van der Waals surface area contributed by atoms with Gasteiger partial charge in [0.05, 0.1) is 0 Å². The minimum absolute atomic E-state index is 0. The standard InChI is InChI=1S/C10H15.C5H5.C2H4.2ClH.Zr/c1-6-7(2)9(4)10(5)8(6)3;1-2-4-5-3-1;1-2;;;/h1-5H3;1-5H;1-2H2;2*1H;/q2*-1;;;;+4/p-2. The quantitative estimate of drug-likeness (QED) is 0.407. The average Bonchev–Trinajstić information content (AvgIpc) is 2.99. The molecule has 0 unspecified atom stereocenters. The van der Waals surface area contributed by atoms with Crippen LogP contribution in [0, 0.1) is 34.6 Å². The third kappa shape index (κ3) is 8.25. The Hall–Kier alpha value is -0.0969. The third-order valence-corrected chi connectivity index (χ3v) is 3.37. The zero-order chi connectivity index (χ0) is 13.4. The molecule has 0 radical (unpaired) electrons. The van der Waals surface area contributed by atoms with Crippen molar-refractivity contribution in [1.29, 1.82) is 0 Å². The van der Waals surface area contributed by atoms with Crippen molar-refractivity contribution in [3.63, 3.8) is 0 Å². The molecule has 0 fully saturated rings. The van der Waals surface area contributed by atoms with Gasteiger partial charge in [-0.05, 0) is 0 Å². The van der Waals surface area contributed by atoms with Crippen LogP contribution in [0.2, 0.25) is 0 Å². The van der Waals surface area contributed by atoms with Crippen LogP contribution in [0.15, 0.2) is 43.5 Å². The zero-order valence-corrected chi connectivity index (χ0v) is 17.0. The predicted molar refractivity (Wildman–Crippen MR) is 79.0 cm³/mol. The largest absolute Gasteiger partial charge is 4.00 e. The smallest absolute Gasteiger partial charge is 1.00 e. The Balaban J connectivity index is -0.000000111. The minimum atomic E-state index is 0. The summed E-state index contributed by atoms with van der Waals surface area (Å²) in [6.07, 6.45) is 0. The van der Waals surface area contributed by atoms with E-state index in [1.807, 2.05) is 30.3 Å². The van der Waals surface area contributed by atoms with E-state index in [0.717, 1.165) is 0 Å². The molecule has 0 nitrogen and oxygen atoms in total. The molecule has 2 rings (SSSR count). The zero-order valence-electron chi connectivity index (χ0n) is 13.1. The third-order valence-electron chi connectivity index (χ3n) is 3.37. The normalized spacial score (nSPS) is 7.45. The van der Waals surface area contributed by atoms with Crippen molar-refractivity contribution in [1.82, 2.24) is 0 Å². The Morgan fingerprint density at radius 1 is 0.850 bits per heavy atom. The second kappa shape index (κ2) is 15.3. The second-order valence-electron chi connectivity index (χ2n) is 4.09. The molecule has 2 aromatic rings. The van der Waals surface area contributed by atoms with Crippen molar-refractivity contribution in [2.45, 2.75) is 34.6 Å². The molecule has 0 spiro atoms. The maximum absolute atomic E-state index is 3.00. The molecule has 0 N–H and O–H groups in total. The molecule has 0 saturated carbocycles. The number of halogens is 2. The van der Waals surface area contributed by atoms with Gasteiger partial charge in [-0.2, -0.15) is 46.0 Å². The van der Waals surface area contributed by atoms with E-state index in [0.29, 0.717) is 0 Å². The van der Waals surface area contributed by atoms with Crippen LogP contribution < -0.4 is 24.8 Å². The summed E-state index contributed by atoms with van der Waals surface area (Å²) in [5.41, 5.74) is 7.34. The van der Waals surface area contributed by atoms with Gasteiger partial charge in [0.2, 0.25) is 0 Å². The van der Waals surface area contributed by atoms with Gasteiger partial charge in [-0.25, -0.2) is 12.1 Å². The summed E-state index contributed by atoms with van der Waals surface area (Å²) in [7, 11) is 0. The van der Waals surface area contributed by atoms with Crippen LogP contribution in [0.1, 0.15) is 27.8 Å². The van der Waals surface area contributed by atoms with Crippen LogP contribution in [0.3, 0.4) is 0 Å². The van der Waals surface area contributed by atoms with E-state index in [1.165, 1.54) is 27.8 Å². The van der Waals surface area contributed by atoms with Gasteiger partial charge in [0, 0.05) is 0 Å². The molecule has 0 aliphatic carbocycles. The maximum atomic E-state index is 3.00. The fraction of sp³-hybridized carbons (Fsp3) is 0.294. The van der Waals surface area contributed by atoms with Crippen LogP contribution in [0.25, 0.3) is 0 Å². The molecule has 20 heavy (non-hydrogen) atoms. The van der Waals surface area contributed by atoms with Crippen LogP contribution in [-0.2, 0) is 26.2 Å². The molecule has 0 heterocycles. The van der Waals surface area contributed by atoms with Crippen LogP contribution in [0.4, 0.5) is 0 Å². The fourth-order valence-corrected chi connectivity index (χ4v) is 1.73. The summed E-state index contributed by atoms with van der Waals surface area (Å²) in [6.45, 7) is 17.0. The predicted octanol–water partition coefficient (Wildman–Crippen LogP) is -0.839. The van der Waals surface area contributed by atoms with Gasteiger partial charge >= 0.3 is 26.2 Å². The number of hydrogen-bond donors (Lipinski definition) is 0. The van der Waals surface area contributed by atoms with Crippen molar-refractivity contribution in [3.05, 3.63) is 71.3 Å². The van der Waals surface area contributed by atoms with Crippen LogP contribution in [0.5, 0.6) is 0 Å². The molecule has 0 saturated heterocycles. The molecule has 0 amide bonds. The topological polar surface area (TPSA) is 0 Å². The van der Waals surface area contributed by atoms with E-state index in [9.17, 15) is 0 Å². The average molecular weight is 391 g/mol. The molecule has 0 aromatic heterocycles. The van der Waals surface area contributed by atoms with E-state index in [1.54, 1.807) is 0 Å². The number of hydrogen-bond acceptors (Lipinski definition) is 0. The van der Waals surface area contributed by atoms with Crippen molar-refractivity contribution < 1.29 is 51.0 Å². The Kier molecular flexibility index (Phi) is 21.5. The summed E-state index contributed by atoms with van der Waals surface area (Å²) < 4.78 is 0. The summed E-state index contributed by atoms with van der Waals surface area (Å²) in [5, 5.41) is 0. The monoisotopic (exact) mass is 388 g/mol. The Morgan fingerprint density at radius 3 is 1.25 bits per heavy atom. The molecule has 110 valence electrons. The molecular formula is C17H24Cl2Zr. The van der Waals surface area contributed by atoms with E-state index in [-0.39, 0.29) is 51.0 Å². The summed E-state index contributed by atoms with van der Waals surface area (Å²) >= 11 is 0. The second-order valence-corrected chi connectivity index (χ2v) is 4.09. The van der Waals surface area contributed by atoms with Gasteiger partial charge < -0.3 is 24.8 Å². The molecule has 0 atom stereocenters. The van der Waals surface area contributed by atoms with Gasteiger partial charge in [0.25, 0.3) is 0 Å². The Labute approximate surface area is 156 Å². The first-order valence-corrected chi connectivity index (χ1v) is 5.92. The van der Waals surface area contributed by atoms with Gasteiger partial charge in [-0.3, -0.25) is 0 Å². The SMILES string of the molecule is C=C.Cc1c(C)c(C)[c-](C)c1C.[Cl-].[Cl-].[Zr+4].c1cc[cH-]c1. The van der Waals surface area contributed by atoms with Crippen molar-refractivity contribution >= 4 is 0 Å². The Bertz CT molecular complexity index is 331. The summed E-state index contributed by atoms with van der Waals surface area (Å²) in [4.78, 5) is 0. The maximum Gasteiger partial charge on any atom is 4.00 e. The molecule has 0 aliphatic rings. The summed E-state index contributed by atoms with van der Waals surface area (Å²) in [5.74, 6) is 0. The molecule has 0 aliphatic heterocycles. The van der Waals surface area contributed by atoms with E-state index < -0.39 is 0 Å². The van der Waals surface area contributed by atoms with Gasteiger partial charge in [-0.1, -0.05) is 34.6 Å². The first kappa shape index (κ1) is 28.1. The van der Waals surface area contributed by atoms with Crippen molar-refractivity contribution in [2.24, 2.45) is 0 Å². The van der Waals surface area contributed by atoms with Gasteiger partial charge in [0.1, 0.15) is 0 Å². The van der Waals surface area contributed by atoms with E-state index >= 15 is 0 Å². The first-order valence-electron chi connectivity index (χ1n) is 5.92. The van der Waals surface area contributed by atoms with E-state index in [2.05, 4.69) is 47.8 Å². The van der Waals surface area contributed by atoms with Gasteiger partial charge in [-0.15, -0.1) is 13.2 Å². The van der Waals surface area contributed by atoms with E-state index in [4.69, 9.17) is 0 Å². The molecule has 0 bridgehead atoms. The van der Waals surface area contributed by atoms with Crippen molar-refractivity contribution in [2.75, 3.05) is 0 Å². The van der Waals surface area contributed by atoms with Crippen molar-refractivity contribution in [3.8, 4) is 0 Å². The van der Waals surface area contributed by atoms with Gasteiger partial charge in [0.15, 0.2) is 0 Å². The molecule has 3 heteroatoms.